The number of fused-ring (bicyclic) bond motifs is 18. The molecular formula is C98H56N14OS. The average molecular weight is 1480 g/mol. The second kappa shape index (κ2) is 25.0. The Morgan fingerprint density at radius 3 is 1.11 bits per heavy atom. The topological polar surface area (TPSA) is 162 Å². The molecule has 15 nitrogen and oxygen atoms in total. The highest BCUT2D eigenvalue weighted by molar-refractivity contribution is 7.26. The van der Waals surface area contributed by atoms with E-state index in [1.807, 2.05) is 72.8 Å². The molecule has 12 heterocycles. The first-order valence-electron chi connectivity index (χ1n) is 37.8. The van der Waals surface area contributed by atoms with E-state index in [4.69, 9.17) is 44.3 Å². The Morgan fingerprint density at radius 1 is 0.246 bits per heavy atom. The molecule has 0 unspecified atom stereocenters. The van der Waals surface area contributed by atoms with Crippen molar-refractivity contribution >= 4 is 141 Å². The fourth-order valence-corrected chi connectivity index (χ4v) is 18.5. The van der Waals surface area contributed by atoms with Crippen LogP contribution in [0.3, 0.4) is 0 Å². The Labute approximate surface area is 652 Å². The molecule has 12 aromatic heterocycles. The lowest BCUT2D eigenvalue weighted by atomic mass is 10.0. The van der Waals surface area contributed by atoms with Gasteiger partial charge in [-0.2, -0.15) is 19.9 Å². The molecule has 0 atom stereocenters. The van der Waals surface area contributed by atoms with Crippen LogP contribution in [0.2, 0.25) is 0 Å². The van der Waals surface area contributed by atoms with Crippen LogP contribution in [0.15, 0.2) is 345 Å². The summed E-state index contributed by atoms with van der Waals surface area (Å²) < 4.78 is 18.0. The maximum absolute atomic E-state index is 6.63. The lowest BCUT2D eigenvalue weighted by Crippen LogP contribution is -2.07. The van der Waals surface area contributed by atoms with Crippen molar-refractivity contribution in [1.82, 2.24) is 68.1 Å². The number of hydrogen-bond donors (Lipinski definition) is 0. The lowest BCUT2D eigenvalue weighted by molar-refractivity contribution is 0.666. The number of rotatable bonds is 11. The highest BCUT2D eigenvalue weighted by Gasteiger charge is 2.26. The number of hydrogen-bond acceptors (Lipinski definition) is 12. The van der Waals surface area contributed by atoms with Crippen LogP contribution in [0.25, 0.3) is 232 Å². The van der Waals surface area contributed by atoms with Crippen molar-refractivity contribution in [2.45, 2.75) is 0 Å². The van der Waals surface area contributed by atoms with Gasteiger partial charge in [-0.25, -0.2) is 15.0 Å². The molecule has 0 spiro atoms. The Balaban J connectivity index is 0.594. The maximum Gasteiger partial charge on any atom is 0.238 e. The summed E-state index contributed by atoms with van der Waals surface area (Å²) in [6.07, 6.45) is 5.28. The van der Waals surface area contributed by atoms with E-state index >= 15 is 0 Å². The third-order valence-corrected chi connectivity index (χ3v) is 23.5. The molecule has 0 radical (unpaired) electrons. The van der Waals surface area contributed by atoms with Gasteiger partial charge in [-0.05, 0) is 168 Å². The maximum atomic E-state index is 6.63. The van der Waals surface area contributed by atoms with Gasteiger partial charge in [0.1, 0.15) is 28.4 Å². The van der Waals surface area contributed by atoms with Crippen LogP contribution in [-0.4, -0.2) is 68.1 Å². The van der Waals surface area contributed by atoms with Gasteiger partial charge in [-0.3, -0.25) is 24.1 Å². The molecule has 24 aromatic rings. The van der Waals surface area contributed by atoms with Crippen molar-refractivity contribution in [2.75, 3.05) is 0 Å². The highest BCUT2D eigenvalue weighted by Crippen LogP contribution is 2.47. The van der Waals surface area contributed by atoms with Crippen LogP contribution in [-0.2, 0) is 0 Å². The van der Waals surface area contributed by atoms with Gasteiger partial charge in [0.15, 0.2) is 28.9 Å². The molecule has 530 valence electrons. The molecule has 0 saturated heterocycles. The van der Waals surface area contributed by atoms with Crippen LogP contribution < -0.4 is 0 Å². The first-order valence-corrected chi connectivity index (χ1v) is 38.6. The molecule has 12 aromatic carbocycles. The van der Waals surface area contributed by atoms with Gasteiger partial charge in [0.2, 0.25) is 11.9 Å². The van der Waals surface area contributed by atoms with Gasteiger partial charge >= 0.3 is 0 Å². The molecule has 16 heteroatoms. The third-order valence-electron chi connectivity index (χ3n) is 22.3. The second-order valence-electron chi connectivity index (χ2n) is 28.6. The Hall–Kier alpha value is -15.5. The van der Waals surface area contributed by atoms with Gasteiger partial charge in [0, 0.05) is 93.5 Å². The SMILES string of the molecule is c1ccc(-c2nc(-c3ccccn3)nc(-n3c4ccccc4c4cc(-c5ccc6c(c5)c5ccccc5n6-c5cccc6c5sc5cccc(-c7cccc(-c8nc(-c9ccccn9)nc(-n9c%10ccccc%10c%10cc(-c%11ccc%12c(c%11)c%11ccccc%11n%12-c%11cccc%12c%11oc%11ccccc%11%12)ccc%109)n8)n7)c56)ccc43)n2)nc1. The zero-order valence-electron chi connectivity index (χ0n) is 60.4. The quantitative estimate of drug-likeness (QED) is 0.121. The van der Waals surface area contributed by atoms with E-state index in [2.05, 4.69) is 277 Å². The summed E-state index contributed by atoms with van der Waals surface area (Å²) >= 11 is 1.80. The Bertz CT molecular complexity index is 8080. The number of thiophene rings is 1. The molecular weight excluding hydrogens is 1420 g/mol. The number of benzene rings is 12. The standard InChI is InChI=1S/C98H56N14OS/c1-6-34-78-61(21-1)69-53-57(42-46-82(69)109(78)86-38-17-26-66-65-25-5-10-40-88(65)113-91(66)86)59-45-49-85-72(55-59)64-24-4-9-37-81(64)112(85)98-107-95(76-31-13-16-52-101-76)104-96(108-98)77-33-20-32-73(102-77)67-27-19-41-89-90(67)68-28-18-39-87(92(68)114-89)110-79-35-7-2-22-62(79)70-54-58(43-47-83(70)110)60-44-48-84-71(56-60)63-23-3-8-36-80(63)111(84)97-105-93(74-29-11-14-50-99-74)103-94(106-97)75-30-12-15-51-100-75/h1-56H. The van der Waals surface area contributed by atoms with Crippen LogP contribution >= 0.6 is 11.3 Å². The minimum absolute atomic E-state index is 0.421. The van der Waals surface area contributed by atoms with E-state index in [0.29, 0.717) is 58.0 Å². The zero-order chi connectivity index (χ0) is 74.6. The van der Waals surface area contributed by atoms with Crippen LogP contribution in [0, 0.1) is 0 Å². The Kier molecular flexibility index (Phi) is 13.9. The monoisotopic (exact) mass is 1480 g/mol. The summed E-state index contributed by atoms with van der Waals surface area (Å²) in [4.78, 5) is 50.6. The molecule has 0 aliphatic rings. The normalized spacial score (nSPS) is 12.0. The minimum atomic E-state index is 0.421. The summed E-state index contributed by atoms with van der Waals surface area (Å²) in [7, 11) is 0. The number of nitrogens with zero attached hydrogens (tertiary/aromatic N) is 14. The van der Waals surface area contributed by atoms with Crippen LogP contribution in [0.5, 0.6) is 0 Å². The van der Waals surface area contributed by atoms with Gasteiger partial charge in [-0.15, -0.1) is 11.3 Å². The van der Waals surface area contributed by atoms with Crippen LogP contribution in [0.1, 0.15) is 0 Å². The first-order chi connectivity index (χ1) is 56.5. The summed E-state index contributed by atoms with van der Waals surface area (Å²) in [5.41, 5.74) is 20.8. The molecule has 0 saturated carbocycles. The number of furan rings is 1. The molecule has 24 rings (SSSR count). The zero-order valence-corrected chi connectivity index (χ0v) is 61.2. The summed E-state index contributed by atoms with van der Waals surface area (Å²) in [5, 5.41) is 13.4. The molecule has 114 heavy (non-hydrogen) atoms. The van der Waals surface area contributed by atoms with Crippen molar-refractivity contribution in [3.63, 3.8) is 0 Å². The van der Waals surface area contributed by atoms with E-state index in [-0.39, 0.29) is 0 Å². The van der Waals surface area contributed by atoms with E-state index in [9.17, 15) is 0 Å². The van der Waals surface area contributed by atoms with Crippen molar-refractivity contribution in [2.24, 2.45) is 0 Å². The third kappa shape index (κ3) is 9.81. The molecule has 0 aliphatic heterocycles. The first kappa shape index (κ1) is 63.4. The van der Waals surface area contributed by atoms with E-state index < -0.39 is 0 Å². The van der Waals surface area contributed by atoms with Gasteiger partial charge in [-0.1, -0.05) is 176 Å². The van der Waals surface area contributed by atoms with Gasteiger partial charge in [0.05, 0.1) is 65.9 Å². The summed E-state index contributed by atoms with van der Waals surface area (Å²) in [6, 6.07) is 113. The fourth-order valence-electron chi connectivity index (χ4n) is 17.3. The molecule has 0 aliphatic carbocycles. The molecule has 0 fully saturated rings. The number of pyridine rings is 4. The highest BCUT2D eigenvalue weighted by atomic mass is 32.1. The van der Waals surface area contributed by atoms with Crippen molar-refractivity contribution in [3.8, 4) is 103 Å². The predicted octanol–water partition coefficient (Wildman–Crippen LogP) is 24.0. The predicted molar refractivity (Wildman–Crippen MR) is 460 cm³/mol. The lowest BCUT2D eigenvalue weighted by Gasteiger charge is -2.12. The van der Waals surface area contributed by atoms with Crippen molar-refractivity contribution in [1.29, 1.82) is 0 Å². The van der Waals surface area contributed by atoms with E-state index in [0.717, 1.165) is 170 Å². The van der Waals surface area contributed by atoms with Gasteiger partial charge < -0.3 is 13.6 Å². The largest absolute Gasteiger partial charge is 0.454 e. The Morgan fingerprint density at radius 2 is 0.614 bits per heavy atom. The number of para-hydroxylation sites is 6. The van der Waals surface area contributed by atoms with E-state index in [1.54, 1.807) is 29.9 Å². The average Bonchev–Trinajstić information content (AvgIpc) is 1.58. The van der Waals surface area contributed by atoms with Crippen molar-refractivity contribution < 1.29 is 4.42 Å². The molecule has 0 bridgehead atoms. The summed E-state index contributed by atoms with van der Waals surface area (Å²) in [6.45, 7) is 0. The van der Waals surface area contributed by atoms with Gasteiger partial charge in [0.25, 0.3) is 0 Å². The minimum Gasteiger partial charge on any atom is -0.454 e. The summed E-state index contributed by atoms with van der Waals surface area (Å²) in [5.74, 6) is 2.71. The molecule has 0 N–H and O–H groups in total. The van der Waals surface area contributed by atoms with E-state index in [1.165, 1.54) is 4.70 Å². The smallest absolute Gasteiger partial charge is 0.238 e. The number of aromatic nitrogens is 14. The molecule has 0 amide bonds. The van der Waals surface area contributed by atoms with Crippen LogP contribution in [0.4, 0.5) is 0 Å². The van der Waals surface area contributed by atoms with Crippen molar-refractivity contribution in [3.05, 3.63) is 340 Å². The fraction of sp³-hybridized carbons (Fsp3) is 0. The second-order valence-corrected chi connectivity index (χ2v) is 29.7.